The maximum atomic E-state index is 12.9. The predicted octanol–water partition coefficient (Wildman–Crippen LogP) is 2.81. The van der Waals surface area contributed by atoms with Crippen LogP contribution in [0.15, 0.2) is 23.1 Å². The molecule has 0 aliphatic rings. The molecule has 0 saturated heterocycles. The highest BCUT2D eigenvalue weighted by Gasteiger charge is 2.07. The van der Waals surface area contributed by atoms with Crippen LogP contribution in [0.5, 0.6) is 0 Å². The van der Waals surface area contributed by atoms with Gasteiger partial charge in [-0.25, -0.2) is 8.78 Å². The molecule has 96 valence electrons. The fourth-order valence-corrected chi connectivity index (χ4v) is 2.35. The van der Waals surface area contributed by atoms with Gasteiger partial charge in [0.25, 0.3) is 0 Å². The summed E-state index contributed by atoms with van der Waals surface area (Å²) in [6.07, 6.45) is 0.839. The van der Waals surface area contributed by atoms with Gasteiger partial charge in [0, 0.05) is 23.8 Å². The first-order valence-corrected chi connectivity index (χ1v) is 6.55. The van der Waals surface area contributed by atoms with Gasteiger partial charge in [0.2, 0.25) is 0 Å². The molecule has 0 aliphatic carbocycles. The molecule has 1 atom stereocenters. The molecule has 0 aliphatic heterocycles. The number of thioether (sulfide) groups is 1. The van der Waals surface area contributed by atoms with Crippen molar-refractivity contribution >= 4 is 11.8 Å². The summed E-state index contributed by atoms with van der Waals surface area (Å²) < 4.78 is 31.0. The molecule has 0 heterocycles. The molecular formula is C12H17F2NOS. The highest BCUT2D eigenvalue weighted by atomic mass is 32.2. The summed E-state index contributed by atoms with van der Waals surface area (Å²) in [6, 6.07) is 3.92. The molecule has 0 radical (unpaired) electrons. The average molecular weight is 261 g/mol. The smallest absolute Gasteiger partial charge is 0.159 e. The van der Waals surface area contributed by atoms with Gasteiger partial charge in [0.15, 0.2) is 11.6 Å². The van der Waals surface area contributed by atoms with E-state index in [2.05, 4.69) is 0 Å². The van der Waals surface area contributed by atoms with E-state index in [-0.39, 0.29) is 6.10 Å². The number of rotatable bonds is 7. The van der Waals surface area contributed by atoms with Crippen molar-refractivity contribution in [1.29, 1.82) is 0 Å². The Morgan fingerprint density at radius 2 is 2.12 bits per heavy atom. The van der Waals surface area contributed by atoms with Crippen LogP contribution in [0.3, 0.4) is 0 Å². The van der Waals surface area contributed by atoms with Crippen molar-refractivity contribution in [2.45, 2.75) is 24.3 Å². The molecule has 0 aromatic heterocycles. The van der Waals surface area contributed by atoms with Crippen LogP contribution in [0, 0.1) is 11.6 Å². The number of hydrogen-bond donors (Lipinski definition) is 1. The van der Waals surface area contributed by atoms with E-state index in [1.165, 1.54) is 17.8 Å². The highest BCUT2D eigenvalue weighted by molar-refractivity contribution is 7.99. The number of hydrogen-bond acceptors (Lipinski definition) is 3. The maximum Gasteiger partial charge on any atom is 0.159 e. The van der Waals surface area contributed by atoms with Gasteiger partial charge in [0.1, 0.15) is 0 Å². The van der Waals surface area contributed by atoms with E-state index in [1.807, 2.05) is 6.92 Å². The Balaban J connectivity index is 2.37. The topological polar surface area (TPSA) is 35.2 Å². The summed E-state index contributed by atoms with van der Waals surface area (Å²) >= 11 is 1.47. The van der Waals surface area contributed by atoms with Crippen molar-refractivity contribution in [3.63, 3.8) is 0 Å². The zero-order chi connectivity index (χ0) is 12.7. The van der Waals surface area contributed by atoms with E-state index in [0.29, 0.717) is 13.2 Å². The van der Waals surface area contributed by atoms with Crippen LogP contribution in [0.25, 0.3) is 0 Å². The van der Waals surface area contributed by atoms with Crippen molar-refractivity contribution in [3.8, 4) is 0 Å². The van der Waals surface area contributed by atoms with Crippen molar-refractivity contribution < 1.29 is 13.5 Å². The second-order valence-electron chi connectivity index (χ2n) is 3.53. The van der Waals surface area contributed by atoms with Gasteiger partial charge in [-0.3, -0.25) is 0 Å². The summed E-state index contributed by atoms with van der Waals surface area (Å²) in [4.78, 5) is 0.719. The molecule has 1 aromatic carbocycles. The van der Waals surface area contributed by atoms with Crippen LogP contribution in [-0.2, 0) is 4.74 Å². The molecule has 1 unspecified atom stereocenters. The van der Waals surface area contributed by atoms with Crippen molar-refractivity contribution in [3.05, 3.63) is 29.8 Å². The monoisotopic (exact) mass is 261 g/mol. The van der Waals surface area contributed by atoms with Crippen LogP contribution < -0.4 is 5.73 Å². The van der Waals surface area contributed by atoms with E-state index in [9.17, 15) is 8.78 Å². The molecule has 0 saturated carbocycles. The van der Waals surface area contributed by atoms with E-state index >= 15 is 0 Å². The van der Waals surface area contributed by atoms with Gasteiger partial charge in [-0.2, -0.15) is 0 Å². The lowest BCUT2D eigenvalue weighted by atomic mass is 10.3. The zero-order valence-electron chi connectivity index (χ0n) is 9.79. The van der Waals surface area contributed by atoms with Gasteiger partial charge < -0.3 is 10.5 Å². The van der Waals surface area contributed by atoms with Gasteiger partial charge in [-0.15, -0.1) is 11.8 Å². The minimum atomic E-state index is -0.816. The van der Waals surface area contributed by atoms with E-state index in [1.54, 1.807) is 6.07 Å². The summed E-state index contributed by atoms with van der Waals surface area (Å²) in [5, 5.41) is 0. The quantitative estimate of drug-likeness (QED) is 0.767. The lowest BCUT2D eigenvalue weighted by Crippen LogP contribution is -2.24. The first-order valence-electron chi connectivity index (χ1n) is 5.57. The lowest BCUT2D eigenvalue weighted by molar-refractivity contribution is 0.0674. The molecule has 0 spiro atoms. The van der Waals surface area contributed by atoms with E-state index < -0.39 is 11.6 Å². The fourth-order valence-electron chi connectivity index (χ4n) is 1.38. The SMILES string of the molecule is CCOC(CN)CCSc1ccc(F)c(F)c1. The Labute approximate surface area is 105 Å². The Hall–Kier alpha value is -0.650. The minimum absolute atomic E-state index is 0.0396. The Morgan fingerprint density at radius 3 is 2.71 bits per heavy atom. The molecule has 0 bridgehead atoms. The average Bonchev–Trinajstić information content (AvgIpc) is 2.32. The van der Waals surface area contributed by atoms with Crippen LogP contribution in [-0.4, -0.2) is 25.0 Å². The van der Waals surface area contributed by atoms with Crippen LogP contribution in [0.1, 0.15) is 13.3 Å². The molecule has 0 fully saturated rings. The highest BCUT2D eigenvalue weighted by Crippen LogP contribution is 2.21. The number of halogens is 2. The largest absolute Gasteiger partial charge is 0.377 e. The van der Waals surface area contributed by atoms with E-state index in [4.69, 9.17) is 10.5 Å². The molecule has 2 nitrogen and oxygen atoms in total. The summed E-state index contributed by atoms with van der Waals surface area (Å²) in [5.41, 5.74) is 5.54. The summed E-state index contributed by atoms with van der Waals surface area (Å²) in [5.74, 6) is -0.855. The van der Waals surface area contributed by atoms with Crippen molar-refractivity contribution in [2.24, 2.45) is 5.73 Å². The molecule has 5 heteroatoms. The third-order valence-corrected chi connectivity index (χ3v) is 3.29. The summed E-state index contributed by atoms with van der Waals surface area (Å²) in [7, 11) is 0. The molecule has 1 aromatic rings. The van der Waals surface area contributed by atoms with Gasteiger partial charge in [-0.05, 0) is 31.5 Å². The fraction of sp³-hybridized carbons (Fsp3) is 0.500. The normalized spacial score (nSPS) is 12.7. The maximum absolute atomic E-state index is 12.9. The minimum Gasteiger partial charge on any atom is -0.377 e. The Kier molecular flexibility index (Phi) is 6.47. The second-order valence-corrected chi connectivity index (χ2v) is 4.69. The van der Waals surface area contributed by atoms with Crippen LogP contribution in [0.2, 0.25) is 0 Å². The van der Waals surface area contributed by atoms with Crippen LogP contribution in [0.4, 0.5) is 8.78 Å². The first-order chi connectivity index (χ1) is 8.17. The van der Waals surface area contributed by atoms with Gasteiger partial charge in [-0.1, -0.05) is 0 Å². The van der Waals surface area contributed by atoms with Gasteiger partial charge in [0.05, 0.1) is 6.10 Å². The van der Waals surface area contributed by atoms with Crippen LogP contribution >= 0.6 is 11.8 Å². The number of benzene rings is 1. The standard InChI is InChI=1S/C12H17F2NOS/c1-2-16-9(8-15)5-6-17-10-3-4-11(13)12(14)7-10/h3-4,7,9H,2,5-6,8,15H2,1H3. The molecule has 0 amide bonds. The second kappa shape index (κ2) is 7.63. The number of nitrogens with two attached hydrogens (primary N) is 1. The Bertz CT molecular complexity index is 349. The summed E-state index contributed by atoms with van der Waals surface area (Å²) in [6.45, 7) is 3.04. The molecule has 1 rings (SSSR count). The first kappa shape index (κ1) is 14.4. The van der Waals surface area contributed by atoms with Crippen molar-refractivity contribution in [2.75, 3.05) is 18.9 Å². The third-order valence-electron chi connectivity index (χ3n) is 2.26. The zero-order valence-corrected chi connectivity index (χ0v) is 10.6. The predicted molar refractivity (Wildman–Crippen MR) is 66.2 cm³/mol. The molecule has 17 heavy (non-hydrogen) atoms. The lowest BCUT2D eigenvalue weighted by Gasteiger charge is -2.14. The van der Waals surface area contributed by atoms with Crippen molar-refractivity contribution in [1.82, 2.24) is 0 Å². The van der Waals surface area contributed by atoms with E-state index in [0.717, 1.165) is 23.1 Å². The molecule has 2 N–H and O–H groups in total. The Morgan fingerprint density at radius 1 is 1.35 bits per heavy atom. The molecular weight excluding hydrogens is 244 g/mol. The third kappa shape index (κ3) is 5.02. The van der Waals surface area contributed by atoms with Gasteiger partial charge >= 0.3 is 0 Å². The number of ether oxygens (including phenoxy) is 1.